The van der Waals surface area contributed by atoms with Gasteiger partial charge in [-0.15, -0.1) is 0 Å². The minimum Gasteiger partial charge on any atom is -0.284 e. The molecule has 0 N–H and O–H groups in total. The van der Waals surface area contributed by atoms with Crippen molar-refractivity contribution in [1.29, 1.82) is 0 Å². The molecule has 0 aliphatic heterocycles. The summed E-state index contributed by atoms with van der Waals surface area (Å²) in [5.41, 5.74) is 1.70. The minimum atomic E-state index is -3.60. The highest BCUT2D eigenvalue weighted by Gasteiger charge is 2.22. The summed E-state index contributed by atoms with van der Waals surface area (Å²) in [7, 11) is -3.60. The molecule has 6 nitrogen and oxygen atoms in total. The van der Waals surface area contributed by atoms with Gasteiger partial charge in [-0.2, -0.15) is 0 Å². The van der Waals surface area contributed by atoms with E-state index >= 15 is 0 Å². The summed E-state index contributed by atoms with van der Waals surface area (Å²) in [5.74, 6) is -0.912. The maximum absolute atomic E-state index is 13.1. The summed E-state index contributed by atoms with van der Waals surface area (Å²) in [6, 6.07) is 16.0. The molecule has 32 heavy (non-hydrogen) atoms. The Bertz CT molecular complexity index is 1290. The second-order valence-corrected chi connectivity index (χ2v) is 10.3. The maximum Gasteiger partial charge on any atom is 0.229 e. The number of rotatable bonds is 8. The number of hydrogen-bond acceptors (Lipinski definition) is 6. The Labute approximate surface area is 189 Å². The SMILES string of the molecule is O=C(CCCS(=O)(=O)c1ccc(F)cc1)N(Cc1ccncc1)c1nc2ccccc2s1. The van der Waals surface area contributed by atoms with Gasteiger partial charge >= 0.3 is 0 Å². The Morgan fingerprint density at radius 1 is 1.00 bits per heavy atom. The summed E-state index contributed by atoms with van der Waals surface area (Å²) in [6.45, 7) is 0.311. The molecule has 4 aromatic rings. The van der Waals surface area contributed by atoms with Gasteiger partial charge < -0.3 is 0 Å². The summed E-state index contributed by atoms with van der Waals surface area (Å²) in [6.07, 6.45) is 3.51. The number of nitrogens with zero attached hydrogens (tertiary/aromatic N) is 3. The Hall–Kier alpha value is -3.17. The van der Waals surface area contributed by atoms with Gasteiger partial charge in [0.2, 0.25) is 5.91 Å². The summed E-state index contributed by atoms with van der Waals surface area (Å²) >= 11 is 1.41. The highest BCUT2D eigenvalue weighted by molar-refractivity contribution is 7.91. The van der Waals surface area contributed by atoms with Crippen molar-refractivity contribution in [2.45, 2.75) is 24.3 Å². The second-order valence-electron chi connectivity index (χ2n) is 7.18. The van der Waals surface area contributed by atoms with Gasteiger partial charge in [0.05, 0.1) is 27.4 Å². The van der Waals surface area contributed by atoms with E-state index in [4.69, 9.17) is 0 Å². The monoisotopic (exact) mass is 469 g/mol. The van der Waals surface area contributed by atoms with E-state index in [1.807, 2.05) is 36.4 Å². The van der Waals surface area contributed by atoms with E-state index in [1.165, 1.54) is 23.5 Å². The fourth-order valence-corrected chi connectivity index (χ4v) is 5.51. The van der Waals surface area contributed by atoms with Crippen molar-refractivity contribution in [3.05, 3.63) is 84.4 Å². The van der Waals surface area contributed by atoms with Crippen LogP contribution in [0.1, 0.15) is 18.4 Å². The van der Waals surface area contributed by atoms with E-state index in [2.05, 4.69) is 9.97 Å². The van der Waals surface area contributed by atoms with Crippen LogP contribution in [-0.2, 0) is 21.2 Å². The van der Waals surface area contributed by atoms with E-state index in [9.17, 15) is 17.6 Å². The van der Waals surface area contributed by atoms with Gasteiger partial charge in [-0.3, -0.25) is 14.7 Å². The third-order valence-corrected chi connectivity index (χ3v) is 7.76. The summed E-state index contributed by atoms with van der Waals surface area (Å²) < 4.78 is 39.1. The lowest BCUT2D eigenvalue weighted by Crippen LogP contribution is -2.30. The predicted molar refractivity (Wildman–Crippen MR) is 123 cm³/mol. The second kappa shape index (κ2) is 9.54. The number of sulfone groups is 1. The van der Waals surface area contributed by atoms with E-state index < -0.39 is 15.7 Å². The number of fused-ring (bicyclic) bond motifs is 1. The molecule has 9 heteroatoms. The smallest absolute Gasteiger partial charge is 0.229 e. The minimum absolute atomic E-state index is 0.0431. The average Bonchev–Trinajstić information content (AvgIpc) is 3.22. The number of aromatic nitrogens is 2. The number of thiazole rings is 1. The van der Waals surface area contributed by atoms with Gasteiger partial charge in [-0.25, -0.2) is 17.8 Å². The van der Waals surface area contributed by atoms with Crippen LogP contribution in [0.2, 0.25) is 0 Å². The molecule has 0 atom stereocenters. The lowest BCUT2D eigenvalue weighted by Gasteiger charge is -2.20. The van der Waals surface area contributed by atoms with Gasteiger partial charge in [0.25, 0.3) is 0 Å². The van der Waals surface area contributed by atoms with Crippen LogP contribution >= 0.6 is 11.3 Å². The van der Waals surface area contributed by atoms with Crippen LogP contribution in [0.15, 0.2) is 78.0 Å². The number of benzene rings is 2. The number of hydrogen-bond donors (Lipinski definition) is 0. The zero-order valence-electron chi connectivity index (χ0n) is 17.0. The van der Waals surface area contributed by atoms with Crippen molar-refractivity contribution in [3.63, 3.8) is 0 Å². The van der Waals surface area contributed by atoms with Crippen LogP contribution in [0.5, 0.6) is 0 Å². The molecule has 0 saturated carbocycles. The Balaban J connectivity index is 1.50. The number of para-hydroxylation sites is 1. The Morgan fingerprint density at radius 2 is 1.72 bits per heavy atom. The van der Waals surface area contributed by atoms with Gasteiger partial charge in [0.15, 0.2) is 15.0 Å². The van der Waals surface area contributed by atoms with Crippen molar-refractivity contribution in [1.82, 2.24) is 9.97 Å². The molecule has 2 heterocycles. The van der Waals surface area contributed by atoms with Crippen LogP contribution in [-0.4, -0.2) is 30.0 Å². The van der Waals surface area contributed by atoms with Crippen LogP contribution in [0.4, 0.5) is 9.52 Å². The first-order chi connectivity index (χ1) is 15.4. The number of pyridine rings is 1. The molecule has 0 fully saturated rings. The zero-order valence-corrected chi connectivity index (χ0v) is 18.7. The predicted octanol–water partition coefficient (Wildman–Crippen LogP) is 4.62. The Kier molecular flexibility index (Phi) is 6.57. The number of anilines is 1. The molecule has 4 rings (SSSR count). The first-order valence-corrected chi connectivity index (χ1v) is 12.4. The number of carbonyl (C=O) groups is 1. The molecular weight excluding hydrogens is 449 g/mol. The third kappa shape index (κ3) is 5.17. The molecule has 0 spiro atoms. The van der Waals surface area contributed by atoms with Crippen LogP contribution < -0.4 is 4.90 Å². The summed E-state index contributed by atoms with van der Waals surface area (Å²) in [4.78, 5) is 23.4. The van der Waals surface area contributed by atoms with E-state index in [0.29, 0.717) is 11.7 Å². The van der Waals surface area contributed by atoms with Crippen molar-refractivity contribution >= 4 is 42.4 Å². The van der Waals surface area contributed by atoms with Gasteiger partial charge in [-0.1, -0.05) is 23.5 Å². The molecule has 0 bridgehead atoms. The van der Waals surface area contributed by atoms with E-state index in [-0.39, 0.29) is 29.4 Å². The molecule has 2 aromatic heterocycles. The first-order valence-electron chi connectivity index (χ1n) is 9.95. The normalized spacial score (nSPS) is 11.5. The molecule has 2 aromatic carbocycles. The van der Waals surface area contributed by atoms with E-state index in [0.717, 1.165) is 27.9 Å². The fourth-order valence-electron chi connectivity index (χ4n) is 3.22. The standard InChI is InChI=1S/C23H20FN3O3S2/c24-18-7-9-19(10-8-18)32(29,30)15-3-6-22(28)27(16-17-11-13-25-14-12-17)23-26-20-4-1-2-5-21(20)31-23/h1-2,4-5,7-14H,3,6,15-16H2. The average molecular weight is 470 g/mol. The van der Waals surface area contributed by atoms with Gasteiger partial charge in [0, 0.05) is 18.8 Å². The highest BCUT2D eigenvalue weighted by Crippen LogP contribution is 2.30. The van der Waals surface area contributed by atoms with Crippen molar-refractivity contribution in [2.75, 3.05) is 10.7 Å². The van der Waals surface area contributed by atoms with Crippen LogP contribution in [0, 0.1) is 5.82 Å². The largest absolute Gasteiger partial charge is 0.284 e. The summed E-state index contributed by atoms with van der Waals surface area (Å²) in [5, 5.41) is 0.564. The Morgan fingerprint density at radius 3 is 2.44 bits per heavy atom. The number of amides is 1. The molecule has 164 valence electrons. The van der Waals surface area contributed by atoms with Crippen molar-refractivity contribution < 1.29 is 17.6 Å². The number of halogens is 1. The molecule has 0 saturated heterocycles. The zero-order chi connectivity index (χ0) is 22.6. The van der Waals surface area contributed by atoms with E-state index in [1.54, 1.807) is 17.3 Å². The molecule has 1 amide bonds. The highest BCUT2D eigenvalue weighted by atomic mass is 32.2. The maximum atomic E-state index is 13.1. The molecule has 0 radical (unpaired) electrons. The molecule has 0 aliphatic rings. The lowest BCUT2D eigenvalue weighted by molar-refractivity contribution is -0.118. The van der Waals surface area contributed by atoms with Gasteiger partial charge in [-0.05, 0) is 60.5 Å². The lowest BCUT2D eigenvalue weighted by atomic mass is 10.2. The van der Waals surface area contributed by atoms with Crippen molar-refractivity contribution in [2.24, 2.45) is 0 Å². The third-order valence-electron chi connectivity index (χ3n) is 4.88. The van der Waals surface area contributed by atoms with Gasteiger partial charge in [0.1, 0.15) is 5.82 Å². The topological polar surface area (TPSA) is 80.2 Å². The molecule has 0 aliphatic carbocycles. The quantitative estimate of drug-likeness (QED) is 0.352. The van der Waals surface area contributed by atoms with Crippen molar-refractivity contribution in [3.8, 4) is 0 Å². The van der Waals surface area contributed by atoms with Crippen LogP contribution in [0.25, 0.3) is 10.2 Å². The molecular formula is C23H20FN3O3S2. The number of carbonyl (C=O) groups excluding carboxylic acids is 1. The fraction of sp³-hybridized carbons (Fsp3) is 0.174. The van der Waals surface area contributed by atoms with Crippen LogP contribution in [0.3, 0.4) is 0 Å². The molecule has 0 unspecified atom stereocenters. The first kappa shape index (κ1) is 22.0.